The molecule has 1 aromatic heterocycles. The molecule has 0 amide bonds. The van der Waals surface area contributed by atoms with E-state index in [9.17, 15) is 4.39 Å². The van der Waals surface area contributed by atoms with Gasteiger partial charge >= 0.3 is 0 Å². The van der Waals surface area contributed by atoms with Gasteiger partial charge in [-0.1, -0.05) is 0 Å². The maximum atomic E-state index is 13.2. The molecule has 1 N–H and O–H groups in total. The smallest absolute Gasteiger partial charge is 0.144 e. The van der Waals surface area contributed by atoms with Gasteiger partial charge in [0.05, 0.1) is 6.20 Å². The molecule has 1 aliphatic rings. The van der Waals surface area contributed by atoms with Crippen LogP contribution in [0.15, 0.2) is 6.20 Å². The number of aliphatic hydroxyl groups is 1. The number of halogens is 1. The first-order valence-electron chi connectivity index (χ1n) is 4.46. The highest BCUT2D eigenvalue weighted by Crippen LogP contribution is 2.29. The molecular formula is C10H12FNO. The summed E-state index contributed by atoms with van der Waals surface area (Å²) in [7, 11) is 0. The van der Waals surface area contributed by atoms with Gasteiger partial charge < -0.3 is 5.11 Å². The lowest BCUT2D eigenvalue weighted by Crippen LogP contribution is -2.04. The van der Waals surface area contributed by atoms with E-state index >= 15 is 0 Å². The molecule has 2 nitrogen and oxygen atoms in total. The Morgan fingerprint density at radius 3 is 2.85 bits per heavy atom. The molecule has 0 saturated heterocycles. The number of aliphatic hydroxyl groups excluding tert-OH is 1. The van der Waals surface area contributed by atoms with Gasteiger partial charge in [0.25, 0.3) is 0 Å². The quantitative estimate of drug-likeness (QED) is 0.707. The van der Waals surface area contributed by atoms with Crippen LogP contribution in [0.2, 0.25) is 0 Å². The molecule has 2 rings (SSSR count). The van der Waals surface area contributed by atoms with Gasteiger partial charge in [0.15, 0.2) is 0 Å². The highest BCUT2D eigenvalue weighted by atomic mass is 19.1. The predicted molar refractivity (Wildman–Crippen MR) is 46.9 cm³/mol. The third-order valence-electron chi connectivity index (χ3n) is 2.70. The highest BCUT2D eigenvalue weighted by molar-refractivity contribution is 5.35. The molecule has 1 unspecified atom stereocenters. The molecule has 0 radical (unpaired) electrons. The van der Waals surface area contributed by atoms with Gasteiger partial charge in [0, 0.05) is 12.3 Å². The SMILES string of the molecule is Cc1ncc(F)c2c1CC(CO)C2. The van der Waals surface area contributed by atoms with E-state index in [4.69, 9.17) is 5.11 Å². The molecule has 1 aromatic rings. The number of pyridine rings is 1. The Bertz CT molecular complexity index is 307. The fraction of sp³-hybridized carbons (Fsp3) is 0.500. The molecule has 13 heavy (non-hydrogen) atoms. The molecule has 0 spiro atoms. The Hall–Kier alpha value is -0.960. The van der Waals surface area contributed by atoms with Crippen LogP contribution in [0.5, 0.6) is 0 Å². The van der Waals surface area contributed by atoms with Crippen molar-refractivity contribution in [1.29, 1.82) is 0 Å². The van der Waals surface area contributed by atoms with E-state index in [1.165, 1.54) is 6.20 Å². The minimum Gasteiger partial charge on any atom is -0.396 e. The lowest BCUT2D eigenvalue weighted by molar-refractivity contribution is 0.232. The Morgan fingerprint density at radius 1 is 1.54 bits per heavy atom. The Balaban J connectivity index is 2.43. The number of aromatic nitrogens is 1. The average molecular weight is 181 g/mol. The minimum atomic E-state index is -0.225. The Labute approximate surface area is 76.4 Å². The van der Waals surface area contributed by atoms with Crippen molar-refractivity contribution in [3.05, 3.63) is 28.8 Å². The van der Waals surface area contributed by atoms with Crippen LogP contribution in [0.4, 0.5) is 4.39 Å². The van der Waals surface area contributed by atoms with E-state index < -0.39 is 0 Å². The van der Waals surface area contributed by atoms with Gasteiger partial charge in [-0.3, -0.25) is 4.98 Å². The first kappa shape index (κ1) is 8.63. The van der Waals surface area contributed by atoms with Crippen molar-refractivity contribution in [2.24, 2.45) is 5.92 Å². The monoisotopic (exact) mass is 181 g/mol. The second-order valence-electron chi connectivity index (χ2n) is 3.61. The lowest BCUT2D eigenvalue weighted by atomic mass is 10.1. The molecule has 1 heterocycles. The summed E-state index contributed by atoms with van der Waals surface area (Å²) in [4.78, 5) is 3.96. The molecule has 1 aliphatic carbocycles. The number of aryl methyl sites for hydroxylation is 1. The summed E-state index contributed by atoms with van der Waals surface area (Å²) < 4.78 is 13.2. The van der Waals surface area contributed by atoms with Crippen molar-refractivity contribution in [3.8, 4) is 0 Å². The van der Waals surface area contributed by atoms with Crippen LogP contribution in [0.1, 0.15) is 16.8 Å². The van der Waals surface area contributed by atoms with Crippen LogP contribution >= 0.6 is 0 Å². The van der Waals surface area contributed by atoms with Crippen molar-refractivity contribution >= 4 is 0 Å². The molecule has 3 heteroatoms. The van der Waals surface area contributed by atoms with E-state index in [0.29, 0.717) is 6.42 Å². The van der Waals surface area contributed by atoms with Gasteiger partial charge in [-0.25, -0.2) is 4.39 Å². The third-order valence-corrected chi connectivity index (χ3v) is 2.70. The van der Waals surface area contributed by atoms with Crippen LogP contribution in [-0.2, 0) is 12.8 Å². The number of hydrogen-bond donors (Lipinski definition) is 1. The Kier molecular flexibility index (Phi) is 2.04. The van der Waals surface area contributed by atoms with E-state index in [2.05, 4.69) is 4.98 Å². The fourth-order valence-electron chi connectivity index (χ4n) is 1.94. The largest absolute Gasteiger partial charge is 0.396 e. The average Bonchev–Trinajstić information content (AvgIpc) is 2.56. The number of rotatable bonds is 1. The third kappa shape index (κ3) is 1.33. The standard InChI is InChI=1S/C10H12FNO/c1-6-8-2-7(5-13)3-9(8)10(11)4-12-6/h4,7,13H,2-3,5H2,1H3. The molecular weight excluding hydrogens is 169 g/mol. The van der Waals surface area contributed by atoms with Crippen molar-refractivity contribution in [1.82, 2.24) is 4.98 Å². The van der Waals surface area contributed by atoms with Crippen LogP contribution < -0.4 is 0 Å². The van der Waals surface area contributed by atoms with Gasteiger partial charge in [0.1, 0.15) is 5.82 Å². The second-order valence-corrected chi connectivity index (χ2v) is 3.61. The van der Waals surface area contributed by atoms with Crippen LogP contribution in [0, 0.1) is 18.7 Å². The molecule has 0 fully saturated rings. The summed E-state index contributed by atoms with van der Waals surface area (Å²) in [5.74, 6) is -0.0380. The topological polar surface area (TPSA) is 33.1 Å². The first-order chi connectivity index (χ1) is 6.22. The zero-order valence-corrected chi connectivity index (χ0v) is 7.55. The van der Waals surface area contributed by atoms with Crippen molar-refractivity contribution in [2.45, 2.75) is 19.8 Å². The highest BCUT2D eigenvalue weighted by Gasteiger charge is 2.25. The second kappa shape index (κ2) is 3.07. The molecule has 0 saturated carbocycles. The van der Waals surface area contributed by atoms with Gasteiger partial charge in [-0.2, -0.15) is 0 Å². The minimum absolute atomic E-state index is 0.133. The van der Waals surface area contributed by atoms with Crippen molar-refractivity contribution in [3.63, 3.8) is 0 Å². The van der Waals surface area contributed by atoms with E-state index in [1.54, 1.807) is 0 Å². The molecule has 0 aliphatic heterocycles. The summed E-state index contributed by atoms with van der Waals surface area (Å²) in [5.41, 5.74) is 2.65. The summed E-state index contributed by atoms with van der Waals surface area (Å²) >= 11 is 0. The van der Waals surface area contributed by atoms with Crippen molar-refractivity contribution < 1.29 is 9.50 Å². The number of nitrogens with zero attached hydrogens (tertiary/aromatic N) is 1. The summed E-state index contributed by atoms with van der Waals surface area (Å²) in [5, 5.41) is 8.98. The zero-order valence-electron chi connectivity index (χ0n) is 7.55. The number of hydrogen-bond acceptors (Lipinski definition) is 2. The zero-order chi connectivity index (χ0) is 9.42. The van der Waals surface area contributed by atoms with Crippen molar-refractivity contribution in [2.75, 3.05) is 6.61 Å². The van der Waals surface area contributed by atoms with Gasteiger partial charge in [-0.05, 0) is 36.8 Å². The molecule has 0 bridgehead atoms. The van der Waals surface area contributed by atoms with E-state index in [1.807, 2.05) is 6.92 Å². The van der Waals surface area contributed by atoms with E-state index in [0.717, 1.165) is 23.2 Å². The normalized spacial score (nSPS) is 20.4. The summed E-state index contributed by atoms with van der Waals surface area (Å²) in [6.45, 7) is 2.02. The van der Waals surface area contributed by atoms with Crippen LogP contribution in [0.3, 0.4) is 0 Å². The fourth-order valence-corrected chi connectivity index (χ4v) is 1.94. The van der Waals surface area contributed by atoms with Gasteiger partial charge in [0.2, 0.25) is 0 Å². The summed E-state index contributed by atoms with van der Waals surface area (Å²) in [6.07, 6.45) is 2.69. The summed E-state index contributed by atoms with van der Waals surface area (Å²) in [6, 6.07) is 0. The molecule has 0 aromatic carbocycles. The maximum absolute atomic E-state index is 13.2. The predicted octanol–water partition coefficient (Wildman–Crippen LogP) is 1.24. The van der Waals surface area contributed by atoms with E-state index in [-0.39, 0.29) is 18.3 Å². The molecule has 70 valence electrons. The van der Waals surface area contributed by atoms with Crippen LogP contribution in [-0.4, -0.2) is 16.7 Å². The van der Waals surface area contributed by atoms with Crippen LogP contribution in [0.25, 0.3) is 0 Å². The number of fused-ring (bicyclic) bond motifs is 1. The Morgan fingerprint density at radius 2 is 2.23 bits per heavy atom. The van der Waals surface area contributed by atoms with Gasteiger partial charge in [-0.15, -0.1) is 0 Å². The maximum Gasteiger partial charge on any atom is 0.144 e. The first-order valence-corrected chi connectivity index (χ1v) is 4.46. The lowest BCUT2D eigenvalue weighted by Gasteiger charge is -2.02. The molecule has 1 atom stereocenters.